The van der Waals surface area contributed by atoms with Crippen molar-refractivity contribution in [2.45, 2.75) is 20.8 Å². The number of carboxylic acids is 1. The van der Waals surface area contributed by atoms with E-state index in [1.165, 1.54) is 17.3 Å². The van der Waals surface area contributed by atoms with Crippen LogP contribution in [0.1, 0.15) is 31.9 Å². The van der Waals surface area contributed by atoms with Crippen LogP contribution in [0.3, 0.4) is 0 Å². The minimum Gasteiger partial charge on any atom is -0.544 e. The van der Waals surface area contributed by atoms with Gasteiger partial charge < -0.3 is 9.90 Å². The maximum Gasteiger partial charge on any atom is 0.158 e. The van der Waals surface area contributed by atoms with Crippen molar-refractivity contribution >= 4 is 50.4 Å². The molecular formula is C15H13N4O2S2-. The highest BCUT2D eigenvalue weighted by Gasteiger charge is 2.11. The van der Waals surface area contributed by atoms with E-state index in [4.69, 9.17) is 0 Å². The molecule has 118 valence electrons. The summed E-state index contributed by atoms with van der Waals surface area (Å²) in [6, 6.07) is 3.23. The monoisotopic (exact) mass is 345 g/mol. The summed E-state index contributed by atoms with van der Waals surface area (Å²) in [5.74, 6) is -0.531. The first kappa shape index (κ1) is 15.6. The summed E-state index contributed by atoms with van der Waals surface area (Å²) in [6.45, 7) is 5.89. The van der Waals surface area contributed by atoms with Crippen molar-refractivity contribution in [1.82, 2.24) is 9.97 Å². The van der Waals surface area contributed by atoms with Crippen LogP contribution in [0.15, 0.2) is 23.6 Å². The van der Waals surface area contributed by atoms with Gasteiger partial charge in [0.1, 0.15) is 11.2 Å². The number of hydrogen-bond acceptors (Lipinski definition) is 8. The Bertz CT molecular complexity index is 927. The molecule has 0 unspecified atom stereocenters. The molecule has 0 radical (unpaired) electrons. The molecule has 0 bridgehead atoms. The Balaban J connectivity index is 1.91. The van der Waals surface area contributed by atoms with Gasteiger partial charge in [-0.15, -0.1) is 22.7 Å². The van der Waals surface area contributed by atoms with E-state index in [0.29, 0.717) is 11.5 Å². The standard InChI is InChI=1S/C15H14N4O2S2/c1-7-9(3)22-14-12(7)13(16-6-17-14)19-18-8(2)10-4-5-11(23-10)15(20)21/h4-6H,1-3H3,(H,20,21)(H,16,17,19)/p-1/b18-8-. The summed E-state index contributed by atoms with van der Waals surface area (Å²) in [5, 5.41) is 16.1. The summed E-state index contributed by atoms with van der Waals surface area (Å²) in [7, 11) is 0. The maximum atomic E-state index is 10.8. The summed E-state index contributed by atoms with van der Waals surface area (Å²) in [5.41, 5.74) is 4.78. The second-order valence-electron chi connectivity index (χ2n) is 4.95. The molecule has 8 heteroatoms. The Morgan fingerprint density at radius 1 is 1.22 bits per heavy atom. The van der Waals surface area contributed by atoms with Gasteiger partial charge in [0.2, 0.25) is 0 Å². The van der Waals surface area contributed by atoms with Crippen LogP contribution in [0, 0.1) is 13.8 Å². The fraction of sp³-hybridized carbons (Fsp3) is 0.200. The van der Waals surface area contributed by atoms with E-state index >= 15 is 0 Å². The van der Waals surface area contributed by atoms with Crippen LogP contribution in [0.4, 0.5) is 5.82 Å². The van der Waals surface area contributed by atoms with Crippen molar-refractivity contribution in [1.29, 1.82) is 0 Å². The molecule has 23 heavy (non-hydrogen) atoms. The zero-order chi connectivity index (χ0) is 16.6. The lowest BCUT2D eigenvalue weighted by Crippen LogP contribution is -2.20. The number of hydrogen-bond donors (Lipinski definition) is 1. The summed E-state index contributed by atoms with van der Waals surface area (Å²) in [4.78, 5) is 22.4. The van der Waals surface area contributed by atoms with E-state index < -0.39 is 5.97 Å². The first-order valence-electron chi connectivity index (χ1n) is 6.80. The molecule has 1 N–H and O–H groups in total. The molecule has 6 nitrogen and oxygen atoms in total. The van der Waals surface area contributed by atoms with E-state index in [0.717, 1.165) is 32.0 Å². The average molecular weight is 345 g/mol. The predicted molar refractivity (Wildman–Crippen MR) is 91.4 cm³/mol. The van der Waals surface area contributed by atoms with Gasteiger partial charge in [-0.25, -0.2) is 9.97 Å². The van der Waals surface area contributed by atoms with Gasteiger partial charge in [0.05, 0.1) is 26.8 Å². The molecule has 0 aliphatic carbocycles. The third kappa shape index (κ3) is 2.95. The fourth-order valence-corrected chi connectivity index (χ4v) is 3.88. The van der Waals surface area contributed by atoms with Crippen LogP contribution in [0.5, 0.6) is 0 Å². The van der Waals surface area contributed by atoms with Crippen LogP contribution in [0.25, 0.3) is 10.2 Å². The third-order valence-electron chi connectivity index (χ3n) is 3.46. The highest BCUT2D eigenvalue weighted by Crippen LogP contribution is 2.32. The van der Waals surface area contributed by atoms with Gasteiger partial charge in [0, 0.05) is 4.88 Å². The number of aromatic nitrogens is 2. The lowest BCUT2D eigenvalue weighted by Gasteiger charge is -2.03. The molecule has 0 aliphatic heterocycles. The van der Waals surface area contributed by atoms with E-state index in [9.17, 15) is 9.90 Å². The summed E-state index contributed by atoms with van der Waals surface area (Å²) < 4.78 is 0. The number of carboxylic acid groups (broad SMARTS) is 1. The molecule has 0 fully saturated rings. The van der Waals surface area contributed by atoms with Crippen LogP contribution in [-0.4, -0.2) is 21.6 Å². The van der Waals surface area contributed by atoms with Crippen LogP contribution in [-0.2, 0) is 0 Å². The van der Waals surface area contributed by atoms with Crippen LogP contribution >= 0.6 is 22.7 Å². The van der Waals surface area contributed by atoms with Crippen molar-refractivity contribution in [3.8, 4) is 0 Å². The lowest BCUT2D eigenvalue weighted by molar-refractivity contribution is -0.254. The SMILES string of the molecule is C/C(=N/Nc1ncnc2sc(C)c(C)c12)c1ccc(C(=O)[O-])s1. The number of thiophene rings is 2. The van der Waals surface area contributed by atoms with Crippen LogP contribution < -0.4 is 10.5 Å². The van der Waals surface area contributed by atoms with Crippen molar-refractivity contribution in [2.24, 2.45) is 5.10 Å². The predicted octanol–water partition coefficient (Wildman–Crippen LogP) is 2.57. The Morgan fingerprint density at radius 2 is 1.96 bits per heavy atom. The minimum atomic E-state index is -1.18. The van der Waals surface area contributed by atoms with Crippen molar-refractivity contribution in [3.05, 3.63) is 38.7 Å². The van der Waals surface area contributed by atoms with E-state index in [-0.39, 0.29) is 4.88 Å². The largest absolute Gasteiger partial charge is 0.544 e. The maximum absolute atomic E-state index is 10.8. The molecule has 0 saturated carbocycles. The first-order valence-corrected chi connectivity index (χ1v) is 8.43. The average Bonchev–Trinajstić information content (AvgIpc) is 3.11. The quantitative estimate of drug-likeness (QED) is 0.580. The van der Waals surface area contributed by atoms with Crippen molar-refractivity contribution in [2.75, 3.05) is 5.43 Å². The lowest BCUT2D eigenvalue weighted by atomic mass is 10.2. The third-order valence-corrected chi connectivity index (χ3v) is 5.75. The smallest absolute Gasteiger partial charge is 0.158 e. The number of hydrazone groups is 1. The molecule has 3 aromatic heterocycles. The topological polar surface area (TPSA) is 90.3 Å². The number of nitrogens with zero attached hydrogens (tertiary/aromatic N) is 3. The normalized spacial score (nSPS) is 11.9. The molecule has 0 spiro atoms. The van der Waals surface area contributed by atoms with Crippen molar-refractivity contribution < 1.29 is 9.90 Å². The molecule has 0 saturated heterocycles. The van der Waals surface area contributed by atoms with Gasteiger partial charge in [-0.2, -0.15) is 5.10 Å². The zero-order valence-electron chi connectivity index (χ0n) is 12.7. The Hall–Kier alpha value is -2.32. The van der Waals surface area contributed by atoms with Gasteiger partial charge in [-0.05, 0) is 38.5 Å². The van der Waals surface area contributed by atoms with E-state index in [2.05, 4.69) is 20.5 Å². The Labute approximate surface area is 140 Å². The van der Waals surface area contributed by atoms with E-state index in [1.807, 2.05) is 20.8 Å². The molecule has 3 rings (SSSR count). The fourth-order valence-electron chi connectivity index (χ4n) is 2.10. The summed E-state index contributed by atoms with van der Waals surface area (Å²) >= 11 is 2.75. The molecule has 0 aliphatic rings. The Kier molecular flexibility index (Phi) is 4.10. The van der Waals surface area contributed by atoms with Gasteiger partial charge >= 0.3 is 0 Å². The molecular weight excluding hydrogens is 332 g/mol. The first-order chi connectivity index (χ1) is 11.0. The molecule has 3 heterocycles. The van der Waals surface area contributed by atoms with Gasteiger partial charge in [-0.3, -0.25) is 5.43 Å². The number of fused-ring (bicyclic) bond motifs is 1. The molecule has 3 aromatic rings. The van der Waals surface area contributed by atoms with Gasteiger partial charge in [-0.1, -0.05) is 0 Å². The van der Waals surface area contributed by atoms with Gasteiger partial charge in [0.25, 0.3) is 0 Å². The molecule has 0 amide bonds. The zero-order valence-corrected chi connectivity index (χ0v) is 14.3. The number of anilines is 1. The Morgan fingerprint density at radius 3 is 2.65 bits per heavy atom. The van der Waals surface area contributed by atoms with E-state index in [1.54, 1.807) is 17.4 Å². The number of aromatic carboxylic acids is 1. The second-order valence-corrected chi connectivity index (χ2v) is 7.23. The number of rotatable bonds is 4. The van der Waals surface area contributed by atoms with Crippen LogP contribution in [0.2, 0.25) is 0 Å². The number of nitrogens with one attached hydrogen (secondary N) is 1. The number of aryl methyl sites for hydroxylation is 2. The van der Waals surface area contributed by atoms with Crippen molar-refractivity contribution in [3.63, 3.8) is 0 Å². The second kappa shape index (κ2) is 6.05. The molecule has 0 aromatic carbocycles. The summed E-state index contributed by atoms with van der Waals surface area (Å²) in [6.07, 6.45) is 1.50. The highest BCUT2D eigenvalue weighted by atomic mass is 32.1. The number of carbonyl (C=O) groups excluding carboxylic acids is 1. The van der Waals surface area contributed by atoms with Gasteiger partial charge in [0.15, 0.2) is 5.82 Å². The number of carbonyl (C=O) groups is 1. The minimum absolute atomic E-state index is 0.184. The molecule has 0 atom stereocenters. The highest BCUT2D eigenvalue weighted by molar-refractivity contribution is 7.18.